The molecule has 0 aliphatic carbocycles. The van der Waals surface area contributed by atoms with E-state index in [-0.39, 0.29) is 18.8 Å². The van der Waals surface area contributed by atoms with E-state index in [2.05, 4.69) is 15.6 Å². The van der Waals surface area contributed by atoms with Crippen LogP contribution in [0.1, 0.15) is 24.2 Å². The molecule has 2 N–H and O–H groups in total. The summed E-state index contributed by atoms with van der Waals surface area (Å²) in [6.07, 6.45) is 1.59. The van der Waals surface area contributed by atoms with Crippen LogP contribution < -0.4 is 24.8 Å². The van der Waals surface area contributed by atoms with E-state index in [0.29, 0.717) is 28.6 Å². The van der Waals surface area contributed by atoms with Crippen LogP contribution in [-0.2, 0) is 0 Å². The summed E-state index contributed by atoms with van der Waals surface area (Å²) >= 11 is 0. The van der Waals surface area contributed by atoms with Crippen LogP contribution in [0.2, 0.25) is 0 Å². The Balaban J connectivity index is 1.43. The molecule has 0 unspecified atom stereocenters. The summed E-state index contributed by atoms with van der Waals surface area (Å²) in [5.41, 5.74) is 1.88. The number of amides is 1. The average Bonchev–Trinajstić information content (AvgIpc) is 3.17. The van der Waals surface area contributed by atoms with Gasteiger partial charge in [-0.2, -0.15) is 0 Å². The number of hydrogen-bond donors (Lipinski definition) is 2. The van der Waals surface area contributed by atoms with Gasteiger partial charge >= 0.3 is 0 Å². The predicted octanol–water partition coefficient (Wildman–Crippen LogP) is 4.59. The van der Waals surface area contributed by atoms with Gasteiger partial charge in [0.05, 0.1) is 17.4 Å². The Morgan fingerprint density at radius 3 is 2.69 bits per heavy atom. The lowest BCUT2D eigenvalue weighted by molar-refractivity contribution is 0.102. The molecule has 2 heterocycles. The molecule has 4 rings (SSSR count). The van der Waals surface area contributed by atoms with Gasteiger partial charge in [0.2, 0.25) is 6.79 Å². The molecule has 148 valence electrons. The highest BCUT2D eigenvalue weighted by atomic mass is 16.7. The molecule has 7 nitrogen and oxygen atoms in total. The van der Waals surface area contributed by atoms with Crippen molar-refractivity contribution in [1.29, 1.82) is 0 Å². The second-order valence-electron chi connectivity index (χ2n) is 6.74. The third-order valence-electron chi connectivity index (χ3n) is 4.17. The van der Waals surface area contributed by atoms with Crippen LogP contribution in [0.25, 0.3) is 0 Å². The summed E-state index contributed by atoms with van der Waals surface area (Å²) in [6, 6.07) is 16.4. The van der Waals surface area contributed by atoms with Crippen LogP contribution >= 0.6 is 0 Å². The van der Waals surface area contributed by atoms with Crippen molar-refractivity contribution in [3.63, 3.8) is 0 Å². The van der Waals surface area contributed by atoms with E-state index in [9.17, 15) is 4.79 Å². The maximum Gasteiger partial charge on any atom is 0.257 e. The van der Waals surface area contributed by atoms with E-state index >= 15 is 0 Å². The first-order chi connectivity index (χ1) is 14.1. The van der Waals surface area contributed by atoms with Crippen LogP contribution in [-0.4, -0.2) is 23.8 Å². The summed E-state index contributed by atoms with van der Waals surface area (Å²) in [5, 5.41) is 6.06. The smallest absolute Gasteiger partial charge is 0.257 e. The number of carbonyl (C=O) groups excluding carboxylic acids is 1. The number of carbonyl (C=O) groups is 1. The maximum atomic E-state index is 12.5. The van der Waals surface area contributed by atoms with Gasteiger partial charge in [-0.15, -0.1) is 0 Å². The second-order valence-corrected chi connectivity index (χ2v) is 6.74. The van der Waals surface area contributed by atoms with Crippen molar-refractivity contribution in [1.82, 2.24) is 4.98 Å². The molecule has 3 aromatic rings. The lowest BCUT2D eigenvalue weighted by Crippen LogP contribution is -2.12. The van der Waals surface area contributed by atoms with Crippen molar-refractivity contribution in [2.24, 2.45) is 0 Å². The van der Waals surface area contributed by atoms with Gasteiger partial charge in [-0.3, -0.25) is 4.79 Å². The topological polar surface area (TPSA) is 81.7 Å². The normalized spacial score (nSPS) is 12.0. The van der Waals surface area contributed by atoms with Gasteiger partial charge < -0.3 is 24.8 Å². The average molecular weight is 391 g/mol. The molecule has 1 aliphatic rings. The van der Waals surface area contributed by atoms with E-state index in [1.165, 1.54) is 6.20 Å². The highest BCUT2D eigenvalue weighted by molar-refractivity contribution is 6.04. The Hall–Kier alpha value is -3.74. The fourth-order valence-corrected chi connectivity index (χ4v) is 2.84. The minimum absolute atomic E-state index is 0.0631. The first kappa shape index (κ1) is 18.6. The molecule has 0 saturated heterocycles. The zero-order chi connectivity index (χ0) is 20.2. The number of rotatable bonds is 6. The fraction of sp³-hybridized carbons (Fsp3) is 0.182. The third-order valence-corrected chi connectivity index (χ3v) is 4.17. The van der Waals surface area contributed by atoms with Crippen molar-refractivity contribution in [3.05, 3.63) is 66.4 Å². The van der Waals surface area contributed by atoms with E-state index < -0.39 is 0 Å². The molecule has 0 fully saturated rings. The molecule has 1 aliphatic heterocycles. The number of fused-ring (bicyclic) bond motifs is 1. The predicted molar refractivity (Wildman–Crippen MR) is 110 cm³/mol. The minimum atomic E-state index is -0.258. The van der Waals surface area contributed by atoms with Crippen molar-refractivity contribution < 1.29 is 19.0 Å². The SMILES string of the molecule is CC(C)Oc1ccccc1Nc1ccc(C(=O)Nc2ccc3c(c2)OCO3)cn1. The minimum Gasteiger partial charge on any atom is -0.489 e. The first-order valence-corrected chi connectivity index (χ1v) is 9.28. The lowest BCUT2D eigenvalue weighted by Gasteiger charge is -2.15. The largest absolute Gasteiger partial charge is 0.489 e. The maximum absolute atomic E-state index is 12.5. The summed E-state index contributed by atoms with van der Waals surface area (Å²) in [6.45, 7) is 4.14. The van der Waals surface area contributed by atoms with Crippen molar-refractivity contribution >= 4 is 23.1 Å². The molecule has 7 heteroatoms. The number of anilines is 3. The molecule has 0 radical (unpaired) electrons. The Morgan fingerprint density at radius 2 is 1.90 bits per heavy atom. The van der Waals surface area contributed by atoms with Gasteiger partial charge in [-0.25, -0.2) is 4.98 Å². The number of aromatic nitrogens is 1. The number of ether oxygens (including phenoxy) is 3. The molecular weight excluding hydrogens is 370 g/mol. The van der Waals surface area contributed by atoms with Crippen LogP contribution in [0.3, 0.4) is 0 Å². The Morgan fingerprint density at radius 1 is 1.07 bits per heavy atom. The van der Waals surface area contributed by atoms with Crippen LogP contribution in [0, 0.1) is 0 Å². The van der Waals surface area contributed by atoms with E-state index in [1.807, 2.05) is 38.1 Å². The van der Waals surface area contributed by atoms with Gasteiger partial charge in [-0.05, 0) is 50.2 Å². The highest BCUT2D eigenvalue weighted by Gasteiger charge is 2.15. The summed E-state index contributed by atoms with van der Waals surface area (Å²) in [4.78, 5) is 16.8. The Labute approximate surface area is 168 Å². The summed E-state index contributed by atoms with van der Waals surface area (Å²) in [5.74, 6) is 2.38. The molecule has 0 atom stereocenters. The zero-order valence-electron chi connectivity index (χ0n) is 16.1. The Kier molecular flexibility index (Phi) is 5.20. The molecule has 2 aromatic carbocycles. The van der Waals surface area contributed by atoms with Crippen LogP contribution in [0.4, 0.5) is 17.2 Å². The quantitative estimate of drug-likeness (QED) is 0.639. The molecule has 0 saturated carbocycles. The molecule has 0 spiro atoms. The number of para-hydroxylation sites is 2. The Bertz CT molecular complexity index is 1020. The molecule has 29 heavy (non-hydrogen) atoms. The standard InChI is InChI=1S/C22H21N3O4/c1-14(2)29-18-6-4-3-5-17(18)25-21-10-7-15(12-23-21)22(26)24-16-8-9-19-20(11-16)28-13-27-19/h3-12,14H,13H2,1-2H3,(H,23,25)(H,24,26). The van der Waals surface area contributed by atoms with E-state index in [4.69, 9.17) is 14.2 Å². The number of nitrogens with zero attached hydrogens (tertiary/aromatic N) is 1. The second kappa shape index (κ2) is 8.10. The number of nitrogens with one attached hydrogen (secondary N) is 2. The van der Waals surface area contributed by atoms with Gasteiger partial charge in [-0.1, -0.05) is 12.1 Å². The van der Waals surface area contributed by atoms with Crippen LogP contribution in [0.15, 0.2) is 60.8 Å². The molecule has 0 bridgehead atoms. The monoisotopic (exact) mass is 391 g/mol. The molecule has 1 aromatic heterocycles. The van der Waals surface area contributed by atoms with Gasteiger partial charge in [0.1, 0.15) is 11.6 Å². The number of hydrogen-bond acceptors (Lipinski definition) is 6. The van der Waals surface area contributed by atoms with E-state index in [1.54, 1.807) is 30.3 Å². The lowest BCUT2D eigenvalue weighted by atomic mass is 10.2. The van der Waals surface area contributed by atoms with Gasteiger partial charge in [0.25, 0.3) is 5.91 Å². The van der Waals surface area contributed by atoms with Gasteiger partial charge in [0, 0.05) is 18.0 Å². The van der Waals surface area contributed by atoms with E-state index in [0.717, 1.165) is 11.4 Å². The van der Waals surface area contributed by atoms with Crippen molar-refractivity contribution in [2.75, 3.05) is 17.4 Å². The number of benzene rings is 2. The number of pyridine rings is 1. The third kappa shape index (κ3) is 4.40. The highest BCUT2D eigenvalue weighted by Crippen LogP contribution is 2.34. The zero-order valence-corrected chi connectivity index (χ0v) is 16.1. The van der Waals surface area contributed by atoms with Crippen molar-refractivity contribution in [2.45, 2.75) is 20.0 Å². The van der Waals surface area contributed by atoms with Crippen LogP contribution in [0.5, 0.6) is 17.2 Å². The van der Waals surface area contributed by atoms with Gasteiger partial charge in [0.15, 0.2) is 11.5 Å². The summed E-state index contributed by atoms with van der Waals surface area (Å²) in [7, 11) is 0. The van der Waals surface area contributed by atoms with Crippen molar-refractivity contribution in [3.8, 4) is 17.2 Å². The molecular formula is C22H21N3O4. The molecule has 1 amide bonds. The fourth-order valence-electron chi connectivity index (χ4n) is 2.84. The first-order valence-electron chi connectivity index (χ1n) is 9.28. The summed E-state index contributed by atoms with van der Waals surface area (Å²) < 4.78 is 16.4.